The van der Waals surface area contributed by atoms with Crippen molar-refractivity contribution in [2.24, 2.45) is 0 Å². The van der Waals surface area contributed by atoms with Crippen LogP contribution >= 0.6 is 12.2 Å². The topological polar surface area (TPSA) is 54.8 Å². The molecule has 0 bridgehead atoms. The first-order chi connectivity index (χ1) is 19.0. The van der Waals surface area contributed by atoms with E-state index >= 15 is 0 Å². The molecule has 6 rings (SSSR count). The summed E-state index contributed by atoms with van der Waals surface area (Å²) < 4.78 is 13.6. The number of fused-ring (bicyclic) bond motifs is 1. The molecular weight excluding hydrogens is 506 g/mol. The highest BCUT2D eigenvalue weighted by atomic mass is 32.1. The van der Waals surface area contributed by atoms with Crippen LogP contribution in [0, 0.1) is 13.8 Å². The van der Waals surface area contributed by atoms with Crippen LogP contribution in [-0.2, 0) is 0 Å². The zero-order valence-corrected chi connectivity index (χ0v) is 23.5. The zero-order valence-electron chi connectivity index (χ0n) is 22.7. The molecule has 7 nitrogen and oxygen atoms in total. The van der Waals surface area contributed by atoms with Gasteiger partial charge < -0.3 is 29.2 Å². The lowest BCUT2D eigenvalue weighted by molar-refractivity contribution is 0.174. The van der Waals surface area contributed by atoms with Crippen molar-refractivity contribution < 1.29 is 9.47 Å². The molecule has 2 aromatic carbocycles. The second kappa shape index (κ2) is 10.3. The van der Waals surface area contributed by atoms with Crippen molar-refractivity contribution in [1.29, 1.82) is 0 Å². The maximum absolute atomic E-state index is 5.95. The predicted octanol–water partition coefficient (Wildman–Crippen LogP) is 6.24. The average molecular weight is 540 g/mol. The third-order valence-corrected chi connectivity index (χ3v) is 8.07. The molecule has 2 aromatic heterocycles. The quantitative estimate of drug-likeness (QED) is 0.279. The van der Waals surface area contributed by atoms with E-state index in [0.29, 0.717) is 5.11 Å². The van der Waals surface area contributed by atoms with Crippen LogP contribution in [0.1, 0.15) is 48.6 Å². The molecule has 200 valence electrons. The molecule has 2 aliphatic rings. The Bertz CT molecular complexity index is 1500. The van der Waals surface area contributed by atoms with Crippen LogP contribution in [-0.4, -0.2) is 34.5 Å². The van der Waals surface area contributed by atoms with E-state index in [9.17, 15) is 0 Å². The van der Waals surface area contributed by atoms with Gasteiger partial charge in [0.15, 0.2) is 16.6 Å². The summed E-state index contributed by atoms with van der Waals surface area (Å²) in [6.45, 7) is 10.9. The molecule has 2 atom stereocenters. The number of hydrogen-bond acceptors (Lipinski definition) is 5. The van der Waals surface area contributed by atoms with E-state index in [1.54, 1.807) is 0 Å². The molecule has 0 saturated carbocycles. The number of aromatic nitrogens is 2. The summed E-state index contributed by atoms with van der Waals surface area (Å²) in [5, 5.41) is 4.23. The van der Waals surface area contributed by atoms with Crippen molar-refractivity contribution >= 4 is 28.7 Å². The third-order valence-electron chi connectivity index (χ3n) is 7.76. The van der Waals surface area contributed by atoms with Gasteiger partial charge in [-0.15, -0.1) is 0 Å². The van der Waals surface area contributed by atoms with Crippen molar-refractivity contribution in [3.63, 3.8) is 0 Å². The molecule has 0 spiro atoms. The molecule has 2 unspecified atom stereocenters. The number of pyridine rings is 1. The van der Waals surface area contributed by atoms with E-state index in [4.69, 9.17) is 26.7 Å². The van der Waals surface area contributed by atoms with Crippen molar-refractivity contribution in [3.05, 3.63) is 95.6 Å². The fourth-order valence-corrected chi connectivity index (χ4v) is 6.22. The van der Waals surface area contributed by atoms with Crippen LogP contribution in [0.25, 0.3) is 5.69 Å². The summed E-state index contributed by atoms with van der Waals surface area (Å²) in [5.74, 6) is 1.48. The van der Waals surface area contributed by atoms with E-state index in [1.807, 2.05) is 36.5 Å². The number of nitrogens with zero attached hydrogens (tertiary/aromatic N) is 4. The Morgan fingerprint density at radius 2 is 1.69 bits per heavy atom. The number of benzene rings is 2. The van der Waals surface area contributed by atoms with Crippen LogP contribution in [0.3, 0.4) is 0 Å². The molecule has 1 saturated heterocycles. The van der Waals surface area contributed by atoms with Crippen molar-refractivity contribution in [2.45, 2.75) is 39.8 Å². The SMILES string of the molecule is CCN(CC)c1ccc(-n2c(C)cc(C3C(c4ccccn4)NC(=S)N3c3ccc4c(c3)OCO4)c2C)cc1. The van der Waals surface area contributed by atoms with Gasteiger partial charge in [0.25, 0.3) is 0 Å². The summed E-state index contributed by atoms with van der Waals surface area (Å²) in [6.07, 6.45) is 1.83. The smallest absolute Gasteiger partial charge is 0.231 e. The molecule has 39 heavy (non-hydrogen) atoms. The molecule has 4 heterocycles. The van der Waals surface area contributed by atoms with Crippen molar-refractivity contribution in [1.82, 2.24) is 14.9 Å². The summed E-state index contributed by atoms with van der Waals surface area (Å²) in [7, 11) is 0. The molecule has 0 radical (unpaired) electrons. The predicted molar refractivity (Wildman–Crippen MR) is 159 cm³/mol. The number of aryl methyl sites for hydroxylation is 1. The van der Waals surface area contributed by atoms with Gasteiger partial charge in [0, 0.05) is 53.8 Å². The Morgan fingerprint density at radius 1 is 0.949 bits per heavy atom. The minimum absolute atomic E-state index is 0.109. The lowest BCUT2D eigenvalue weighted by atomic mass is 9.96. The van der Waals surface area contributed by atoms with E-state index in [0.717, 1.165) is 41.7 Å². The summed E-state index contributed by atoms with van der Waals surface area (Å²) in [6, 6.07) is 22.9. The Labute approximate surface area is 235 Å². The highest BCUT2D eigenvalue weighted by molar-refractivity contribution is 7.80. The van der Waals surface area contributed by atoms with Gasteiger partial charge in [-0.25, -0.2) is 0 Å². The van der Waals surface area contributed by atoms with Gasteiger partial charge in [-0.1, -0.05) is 6.07 Å². The molecule has 8 heteroatoms. The van der Waals surface area contributed by atoms with E-state index in [-0.39, 0.29) is 18.9 Å². The maximum atomic E-state index is 5.95. The maximum Gasteiger partial charge on any atom is 0.231 e. The largest absolute Gasteiger partial charge is 0.454 e. The highest BCUT2D eigenvalue weighted by Crippen LogP contribution is 2.46. The minimum Gasteiger partial charge on any atom is -0.454 e. The Morgan fingerprint density at radius 3 is 2.41 bits per heavy atom. The Kier molecular flexibility index (Phi) is 6.64. The second-order valence-electron chi connectivity index (χ2n) is 9.88. The standard InChI is InChI=1S/C31H33N5O2S/c1-5-34(6-2)22-10-12-23(13-11-22)35-20(3)17-25(21(35)4)30-29(26-9-7-8-16-32-26)33-31(39)36(30)24-14-15-27-28(18-24)38-19-37-27/h7-18,29-30H,5-6,19H2,1-4H3,(H,33,39). The zero-order chi connectivity index (χ0) is 27.1. The number of ether oxygens (including phenoxy) is 2. The molecular formula is C31H33N5O2S. The fourth-order valence-electron chi connectivity index (χ4n) is 5.87. The number of nitrogens with one attached hydrogen (secondary N) is 1. The molecule has 4 aromatic rings. The van der Waals surface area contributed by atoms with Crippen LogP contribution < -0.4 is 24.6 Å². The molecule has 0 aliphatic carbocycles. The van der Waals surface area contributed by atoms with Gasteiger partial charge in [-0.3, -0.25) is 4.98 Å². The van der Waals surface area contributed by atoms with Gasteiger partial charge in [0.2, 0.25) is 6.79 Å². The monoisotopic (exact) mass is 539 g/mol. The summed E-state index contributed by atoms with van der Waals surface area (Å²) >= 11 is 5.95. The molecule has 1 N–H and O–H groups in total. The van der Waals surface area contributed by atoms with E-state index < -0.39 is 0 Å². The van der Waals surface area contributed by atoms with Crippen LogP contribution in [0.4, 0.5) is 11.4 Å². The number of hydrogen-bond donors (Lipinski definition) is 1. The van der Waals surface area contributed by atoms with Gasteiger partial charge >= 0.3 is 0 Å². The first kappa shape index (κ1) is 25.2. The average Bonchev–Trinajstić information content (AvgIpc) is 3.64. The highest BCUT2D eigenvalue weighted by Gasteiger charge is 2.42. The number of thiocarbonyl (C=S) groups is 1. The summed E-state index contributed by atoms with van der Waals surface area (Å²) in [4.78, 5) is 9.26. The van der Waals surface area contributed by atoms with Gasteiger partial charge in [-0.2, -0.15) is 0 Å². The summed E-state index contributed by atoms with van der Waals surface area (Å²) in [5.41, 5.74) is 7.81. The lowest BCUT2D eigenvalue weighted by Gasteiger charge is -2.28. The van der Waals surface area contributed by atoms with Crippen LogP contribution in [0.5, 0.6) is 11.5 Å². The van der Waals surface area contributed by atoms with Crippen molar-refractivity contribution in [3.8, 4) is 17.2 Å². The minimum atomic E-state index is -0.122. The number of anilines is 2. The van der Waals surface area contributed by atoms with Crippen molar-refractivity contribution in [2.75, 3.05) is 29.7 Å². The number of rotatable bonds is 7. The first-order valence-electron chi connectivity index (χ1n) is 13.4. The molecule has 1 fully saturated rings. The Hall–Kier alpha value is -4.04. The van der Waals surface area contributed by atoms with Crippen LogP contribution in [0.2, 0.25) is 0 Å². The van der Waals surface area contributed by atoms with E-state index in [2.05, 4.69) is 83.8 Å². The fraction of sp³-hybridized carbons (Fsp3) is 0.290. The lowest BCUT2D eigenvalue weighted by Crippen LogP contribution is -2.29. The third kappa shape index (κ3) is 4.38. The first-order valence-corrected chi connectivity index (χ1v) is 13.9. The van der Waals surface area contributed by atoms with Gasteiger partial charge in [-0.05, 0) is 100 Å². The van der Waals surface area contributed by atoms with Gasteiger partial charge in [0.1, 0.15) is 0 Å². The van der Waals surface area contributed by atoms with Crippen LogP contribution in [0.15, 0.2) is 72.9 Å². The Balaban J connectivity index is 1.45. The molecule has 2 aliphatic heterocycles. The molecule has 0 amide bonds. The van der Waals surface area contributed by atoms with Gasteiger partial charge in [0.05, 0.1) is 17.8 Å². The second-order valence-corrected chi connectivity index (χ2v) is 10.3. The van der Waals surface area contributed by atoms with E-state index in [1.165, 1.54) is 22.6 Å². The normalized spacial score (nSPS) is 17.9.